The van der Waals surface area contributed by atoms with Crippen LogP contribution in [0.15, 0.2) is 197 Å². The SMILES string of the molecule is O=[N+]([O-])c1cc2c3cc4ccc(N(c5ccccc5)c5ccccc5)cc4cc3oc2c2c1oc1cc3cc(N(c4ccccc4)c4ccccc4)ccc3cc12. The molecule has 11 aromatic rings. The van der Waals surface area contributed by atoms with E-state index in [0.29, 0.717) is 27.5 Å². The molecule has 0 saturated carbocycles. The third-order valence-electron chi connectivity index (χ3n) is 10.8. The van der Waals surface area contributed by atoms with Gasteiger partial charge in [0.1, 0.15) is 16.7 Å². The average molecular weight is 738 g/mol. The van der Waals surface area contributed by atoms with Crippen molar-refractivity contribution < 1.29 is 13.8 Å². The Kier molecular flexibility index (Phi) is 7.34. The second-order valence-corrected chi connectivity index (χ2v) is 14.2. The number of nitrogens with zero attached hydrogens (tertiary/aromatic N) is 3. The molecule has 11 rings (SSSR count). The molecule has 270 valence electrons. The minimum Gasteiger partial charge on any atom is -0.455 e. The van der Waals surface area contributed by atoms with E-state index in [1.54, 1.807) is 6.07 Å². The van der Waals surface area contributed by atoms with Crippen molar-refractivity contribution in [3.05, 3.63) is 198 Å². The first-order valence-corrected chi connectivity index (χ1v) is 18.8. The molecule has 0 aliphatic heterocycles. The van der Waals surface area contributed by atoms with E-state index in [0.717, 1.165) is 66.4 Å². The molecule has 0 radical (unpaired) electrons. The number of hydrogen-bond donors (Lipinski definition) is 0. The fourth-order valence-corrected chi connectivity index (χ4v) is 8.23. The second kappa shape index (κ2) is 12.9. The molecule has 0 bridgehead atoms. The van der Waals surface area contributed by atoms with Gasteiger partial charge in [0.15, 0.2) is 0 Å². The van der Waals surface area contributed by atoms with E-state index in [9.17, 15) is 10.1 Å². The molecule has 0 spiro atoms. The molecule has 7 nitrogen and oxygen atoms in total. The first-order valence-electron chi connectivity index (χ1n) is 18.8. The van der Waals surface area contributed by atoms with Gasteiger partial charge in [-0.3, -0.25) is 10.1 Å². The van der Waals surface area contributed by atoms with Crippen molar-refractivity contribution in [1.82, 2.24) is 0 Å². The zero-order chi connectivity index (χ0) is 38.0. The summed E-state index contributed by atoms with van der Waals surface area (Å²) in [6.45, 7) is 0. The standard InChI is InChI=1S/C50H31N3O4/c54-53(55)45-31-43-42-27-32-21-23-40(51(36-13-5-1-6-14-36)37-15-7-2-8-16-37)25-34(32)29-46(42)56-49(43)48-44-28-33-22-24-41(26-35(33)30-47(44)57-50(45)48)52(38-17-9-3-10-18-38)39-19-11-4-12-20-39/h1-31H. The molecule has 57 heavy (non-hydrogen) atoms. The second-order valence-electron chi connectivity index (χ2n) is 14.2. The van der Waals surface area contributed by atoms with Crippen LogP contribution in [-0.4, -0.2) is 4.92 Å². The Morgan fingerprint density at radius 1 is 0.386 bits per heavy atom. The molecule has 0 atom stereocenters. The smallest absolute Gasteiger partial charge is 0.313 e. The van der Waals surface area contributed by atoms with Crippen LogP contribution in [-0.2, 0) is 0 Å². The van der Waals surface area contributed by atoms with Crippen LogP contribution in [0.25, 0.3) is 65.4 Å². The van der Waals surface area contributed by atoms with Gasteiger partial charge in [0, 0.05) is 56.3 Å². The summed E-state index contributed by atoms with van der Waals surface area (Å²) in [5.41, 5.74) is 7.98. The van der Waals surface area contributed by atoms with E-state index < -0.39 is 0 Å². The third-order valence-corrected chi connectivity index (χ3v) is 10.8. The predicted molar refractivity (Wildman–Crippen MR) is 232 cm³/mol. The zero-order valence-corrected chi connectivity index (χ0v) is 30.4. The molecule has 0 unspecified atom stereocenters. The fourth-order valence-electron chi connectivity index (χ4n) is 8.23. The lowest BCUT2D eigenvalue weighted by Gasteiger charge is -2.25. The number of non-ortho nitro benzene ring substituents is 1. The monoisotopic (exact) mass is 737 g/mol. The maximum absolute atomic E-state index is 12.7. The molecule has 0 aliphatic rings. The summed E-state index contributed by atoms with van der Waals surface area (Å²) in [6.07, 6.45) is 0. The molecule has 2 heterocycles. The van der Waals surface area contributed by atoms with Crippen LogP contribution in [0, 0.1) is 10.1 Å². The number of anilines is 6. The van der Waals surface area contributed by atoms with E-state index in [4.69, 9.17) is 8.83 Å². The highest BCUT2D eigenvalue weighted by Crippen LogP contribution is 2.46. The maximum atomic E-state index is 12.7. The Morgan fingerprint density at radius 3 is 1.26 bits per heavy atom. The van der Waals surface area contributed by atoms with Crippen LogP contribution in [0.1, 0.15) is 0 Å². The van der Waals surface area contributed by atoms with E-state index >= 15 is 0 Å². The Bertz CT molecular complexity index is 3250. The quantitative estimate of drug-likeness (QED) is 0.120. The lowest BCUT2D eigenvalue weighted by Crippen LogP contribution is -2.09. The normalized spacial score (nSPS) is 11.6. The van der Waals surface area contributed by atoms with Crippen molar-refractivity contribution in [2.24, 2.45) is 0 Å². The molecular weight excluding hydrogens is 707 g/mol. The largest absolute Gasteiger partial charge is 0.455 e. The average Bonchev–Trinajstić information content (AvgIpc) is 3.80. The van der Waals surface area contributed by atoms with Crippen LogP contribution in [0.4, 0.5) is 39.8 Å². The molecule has 2 aromatic heterocycles. The summed E-state index contributed by atoms with van der Waals surface area (Å²) in [5, 5.41) is 19.4. The Balaban J connectivity index is 1.09. The summed E-state index contributed by atoms with van der Waals surface area (Å²) in [7, 11) is 0. The number of furan rings is 2. The van der Waals surface area contributed by atoms with Crippen molar-refractivity contribution >= 4 is 105 Å². The van der Waals surface area contributed by atoms with Crippen molar-refractivity contribution in [2.45, 2.75) is 0 Å². The van der Waals surface area contributed by atoms with Crippen molar-refractivity contribution in [2.75, 3.05) is 9.80 Å². The van der Waals surface area contributed by atoms with Gasteiger partial charge in [-0.15, -0.1) is 0 Å². The number of hydrogen-bond acceptors (Lipinski definition) is 6. The van der Waals surface area contributed by atoms with E-state index in [1.165, 1.54) is 0 Å². The number of rotatable bonds is 7. The van der Waals surface area contributed by atoms with Crippen LogP contribution < -0.4 is 9.80 Å². The lowest BCUT2D eigenvalue weighted by molar-refractivity contribution is -0.383. The van der Waals surface area contributed by atoms with Crippen molar-refractivity contribution in [3.63, 3.8) is 0 Å². The molecule has 0 N–H and O–H groups in total. The van der Waals surface area contributed by atoms with Gasteiger partial charge in [-0.05, 0) is 119 Å². The molecule has 0 saturated heterocycles. The Morgan fingerprint density at radius 2 is 0.807 bits per heavy atom. The Hall–Kier alpha value is -7.90. The molecule has 7 heteroatoms. The number of nitro benzene ring substituents is 1. The van der Waals surface area contributed by atoms with Gasteiger partial charge in [-0.25, -0.2) is 0 Å². The van der Waals surface area contributed by atoms with Gasteiger partial charge in [-0.1, -0.05) is 84.9 Å². The van der Waals surface area contributed by atoms with Gasteiger partial charge in [0.25, 0.3) is 0 Å². The summed E-state index contributed by atoms with van der Waals surface area (Å²) in [4.78, 5) is 16.7. The van der Waals surface area contributed by atoms with Crippen LogP contribution in [0.2, 0.25) is 0 Å². The molecule has 0 aliphatic carbocycles. The van der Waals surface area contributed by atoms with E-state index in [-0.39, 0.29) is 16.2 Å². The van der Waals surface area contributed by atoms with Gasteiger partial charge in [0.2, 0.25) is 5.58 Å². The van der Waals surface area contributed by atoms with Crippen molar-refractivity contribution in [3.8, 4) is 0 Å². The van der Waals surface area contributed by atoms with Gasteiger partial charge in [0.05, 0.1) is 10.3 Å². The molecule has 0 amide bonds. The van der Waals surface area contributed by atoms with Crippen molar-refractivity contribution in [1.29, 1.82) is 0 Å². The maximum Gasteiger partial charge on any atom is 0.313 e. The number of para-hydroxylation sites is 4. The minimum absolute atomic E-state index is 0.0997. The molecule has 9 aromatic carbocycles. The first-order chi connectivity index (χ1) is 28.1. The van der Waals surface area contributed by atoms with Crippen LogP contribution in [0.5, 0.6) is 0 Å². The summed E-state index contributed by atoms with van der Waals surface area (Å²) >= 11 is 0. The highest BCUT2D eigenvalue weighted by molar-refractivity contribution is 6.26. The Labute approximate surface area is 326 Å². The number of benzene rings is 9. The van der Waals surface area contributed by atoms with E-state index in [2.05, 4.69) is 107 Å². The highest BCUT2D eigenvalue weighted by Gasteiger charge is 2.26. The van der Waals surface area contributed by atoms with Gasteiger partial charge < -0.3 is 18.6 Å². The van der Waals surface area contributed by atoms with Crippen LogP contribution >= 0.6 is 0 Å². The topological polar surface area (TPSA) is 75.9 Å². The summed E-state index contributed by atoms with van der Waals surface area (Å²) in [6, 6.07) is 63.4. The van der Waals surface area contributed by atoms with Gasteiger partial charge in [-0.2, -0.15) is 0 Å². The summed E-state index contributed by atoms with van der Waals surface area (Å²) < 4.78 is 13.1. The first kappa shape index (κ1) is 32.5. The highest BCUT2D eigenvalue weighted by atomic mass is 16.6. The van der Waals surface area contributed by atoms with Crippen LogP contribution in [0.3, 0.4) is 0 Å². The zero-order valence-electron chi connectivity index (χ0n) is 30.4. The lowest BCUT2D eigenvalue weighted by atomic mass is 10.0. The third kappa shape index (κ3) is 5.36. The summed E-state index contributed by atoms with van der Waals surface area (Å²) in [5.74, 6) is 0. The minimum atomic E-state index is -0.368. The number of nitro groups is 1. The van der Waals surface area contributed by atoms with E-state index in [1.807, 2.05) is 84.9 Å². The number of fused-ring (bicyclic) bond motifs is 9. The molecule has 0 fully saturated rings. The fraction of sp³-hybridized carbons (Fsp3) is 0. The predicted octanol–water partition coefficient (Wildman–Crippen LogP) is 14.6. The molecular formula is C50H31N3O4. The van der Waals surface area contributed by atoms with Gasteiger partial charge >= 0.3 is 5.69 Å².